The first kappa shape index (κ1) is 37.4. The standard InChI is InChI=1S/C40H42N4O8S/c1-5-34-24-44(53(49,50)36-15-7-6-14-35(36)52-34)22-32-20-30(17-16-26(32)2)37(40(3,4)39(47)48)51-25-33-23-43(42-41-33)21-27-10-8-11-28(18-27)29-12-9-13-31(19-29)38(45)46/h6-20,23,34,37H,5,21-22,24-25H2,1-4H3,(H,45,46)(H,47,48)/t34-,37?/m1/s1. The third-order valence-electron chi connectivity index (χ3n) is 9.55. The highest BCUT2D eigenvalue weighted by atomic mass is 32.2. The number of fused-ring (bicyclic) bond motifs is 1. The lowest BCUT2D eigenvalue weighted by molar-refractivity contribution is -0.158. The molecular weight excluding hydrogens is 697 g/mol. The van der Waals surface area contributed by atoms with Crippen LogP contribution in [0.2, 0.25) is 0 Å². The number of rotatable bonds is 13. The van der Waals surface area contributed by atoms with Crippen molar-refractivity contribution < 1.29 is 37.7 Å². The molecule has 1 aliphatic heterocycles. The molecule has 2 heterocycles. The number of hydrogen-bond acceptors (Lipinski definition) is 8. The highest BCUT2D eigenvalue weighted by molar-refractivity contribution is 7.89. The highest BCUT2D eigenvalue weighted by Gasteiger charge is 2.40. The number of sulfonamides is 1. The Kier molecular flexibility index (Phi) is 10.8. The summed E-state index contributed by atoms with van der Waals surface area (Å²) in [6.07, 6.45) is 1.09. The van der Waals surface area contributed by atoms with Gasteiger partial charge in [-0.15, -0.1) is 5.10 Å². The van der Waals surface area contributed by atoms with Gasteiger partial charge in [0.1, 0.15) is 22.4 Å². The molecule has 276 valence electrons. The van der Waals surface area contributed by atoms with E-state index >= 15 is 0 Å². The predicted octanol–water partition coefficient (Wildman–Crippen LogP) is 6.73. The maximum absolute atomic E-state index is 13.9. The molecule has 0 aliphatic carbocycles. The molecule has 6 rings (SSSR count). The van der Waals surface area contributed by atoms with Gasteiger partial charge in [-0.1, -0.05) is 72.8 Å². The zero-order valence-electron chi connectivity index (χ0n) is 30.0. The quantitative estimate of drug-likeness (QED) is 0.133. The maximum atomic E-state index is 13.9. The Morgan fingerprint density at radius 2 is 1.70 bits per heavy atom. The molecule has 1 aromatic heterocycles. The van der Waals surface area contributed by atoms with E-state index in [0.717, 1.165) is 27.8 Å². The summed E-state index contributed by atoms with van der Waals surface area (Å²) in [5, 5.41) is 28.2. The number of ether oxygens (including phenoxy) is 2. The fourth-order valence-electron chi connectivity index (χ4n) is 6.37. The zero-order chi connectivity index (χ0) is 37.9. The van der Waals surface area contributed by atoms with E-state index in [1.807, 2.05) is 62.4 Å². The topological polar surface area (TPSA) is 161 Å². The van der Waals surface area contributed by atoms with Gasteiger partial charge in [0.2, 0.25) is 10.0 Å². The fraction of sp³-hybridized carbons (Fsp3) is 0.300. The van der Waals surface area contributed by atoms with Crippen LogP contribution in [0.1, 0.15) is 71.6 Å². The van der Waals surface area contributed by atoms with Crippen LogP contribution in [0.4, 0.5) is 0 Å². The number of carboxylic acids is 2. The van der Waals surface area contributed by atoms with E-state index in [0.29, 0.717) is 30.0 Å². The van der Waals surface area contributed by atoms with Crippen LogP contribution in [0.25, 0.3) is 11.1 Å². The molecule has 2 N–H and O–H groups in total. The second-order valence-electron chi connectivity index (χ2n) is 13.8. The molecule has 13 heteroatoms. The molecule has 0 amide bonds. The molecule has 12 nitrogen and oxygen atoms in total. The van der Waals surface area contributed by atoms with Crippen molar-refractivity contribution in [3.63, 3.8) is 0 Å². The number of aliphatic carboxylic acids is 1. The fourth-order valence-corrected chi connectivity index (χ4v) is 7.94. The molecule has 0 saturated heterocycles. The molecular formula is C40H42N4O8S. The molecule has 0 bridgehead atoms. The van der Waals surface area contributed by atoms with Crippen LogP contribution < -0.4 is 4.74 Å². The first-order chi connectivity index (χ1) is 25.3. The number of para-hydroxylation sites is 1. The van der Waals surface area contributed by atoms with Gasteiger partial charge in [-0.3, -0.25) is 4.79 Å². The smallest absolute Gasteiger partial charge is 0.335 e. The van der Waals surface area contributed by atoms with E-state index in [2.05, 4.69) is 10.3 Å². The lowest BCUT2D eigenvalue weighted by Gasteiger charge is -2.31. The molecule has 1 aliphatic rings. The van der Waals surface area contributed by atoms with Crippen molar-refractivity contribution in [3.05, 3.63) is 131 Å². The highest BCUT2D eigenvalue weighted by Crippen LogP contribution is 2.39. The molecule has 5 aromatic rings. The van der Waals surface area contributed by atoms with E-state index < -0.39 is 33.5 Å². The van der Waals surface area contributed by atoms with Crippen LogP contribution in [-0.2, 0) is 39.3 Å². The van der Waals surface area contributed by atoms with Crippen molar-refractivity contribution in [2.45, 2.75) is 70.9 Å². The summed E-state index contributed by atoms with van der Waals surface area (Å²) < 4.78 is 43.2. The molecule has 0 radical (unpaired) electrons. The van der Waals surface area contributed by atoms with E-state index in [1.54, 1.807) is 67.2 Å². The zero-order valence-corrected chi connectivity index (χ0v) is 30.8. The Balaban J connectivity index is 1.21. The first-order valence-corrected chi connectivity index (χ1v) is 18.7. The van der Waals surface area contributed by atoms with Gasteiger partial charge in [-0.25, -0.2) is 17.9 Å². The normalized spacial score (nSPS) is 16.3. The number of aromatic nitrogens is 3. The lowest BCUT2D eigenvalue weighted by Crippen LogP contribution is -2.36. The number of hydrogen-bond donors (Lipinski definition) is 2. The summed E-state index contributed by atoms with van der Waals surface area (Å²) >= 11 is 0. The maximum Gasteiger partial charge on any atom is 0.335 e. The van der Waals surface area contributed by atoms with Crippen LogP contribution in [0, 0.1) is 12.3 Å². The van der Waals surface area contributed by atoms with Crippen molar-refractivity contribution in [2.24, 2.45) is 5.41 Å². The Morgan fingerprint density at radius 1 is 0.962 bits per heavy atom. The largest absolute Gasteiger partial charge is 0.488 e. The van der Waals surface area contributed by atoms with Crippen molar-refractivity contribution in [1.82, 2.24) is 19.3 Å². The Labute approximate surface area is 308 Å². The van der Waals surface area contributed by atoms with Gasteiger partial charge >= 0.3 is 11.9 Å². The first-order valence-electron chi connectivity index (χ1n) is 17.3. The van der Waals surface area contributed by atoms with Crippen LogP contribution >= 0.6 is 0 Å². The number of aryl methyl sites for hydroxylation is 1. The third-order valence-corrected chi connectivity index (χ3v) is 11.4. The number of carbonyl (C=O) groups is 2. The molecule has 4 aromatic carbocycles. The summed E-state index contributed by atoms with van der Waals surface area (Å²) in [4.78, 5) is 24.1. The van der Waals surface area contributed by atoms with Crippen molar-refractivity contribution in [2.75, 3.05) is 6.54 Å². The second kappa shape index (κ2) is 15.3. The number of benzene rings is 4. The number of carboxylic acid groups (broad SMARTS) is 2. The Bertz CT molecular complexity index is 2250. The molecule has 53 heavy (non-hydrogen) atoms. The van der Waals surface area contributed by atoms with Crippen LogP contribution in [0.15, 0.2) is 102 Å². The molecule has 0 fully saturated rings. The van der Waals surface area contributed by atoms with E-state index in [9.17, 15) is 28.2 Å². The van der Waals surface area contributed by atoms with Crippen LogP contribution in [0.3, 0.4) is 0 Å². The minimum atomic E-state index is -3.90. The summed E-state index contributed by atoms with van der Waals surface area (Å²) in [6.45, 7) is 7.62. The summed E-state index contributed by atoms with van der Waals surface area (Å²) in [7, 11) is -3.90. The van der Waals surface area contributed by atoms with Gasteiger partial charge < -0.3 is 19.7 Å². The van der Waals surface area contributed by atoms with E-state index in [-0.39, 0.29) is 36.3 Å². The molecule has 1 unspecified atom stereocenters. The SMILES string of the molecule is CC[C@@H]1CN(Cc2cc(C(OCc3cn(Cc4cccc(-c5cccc(C(=O)O)c5)c4)nn3)C(C)(C)C(=O)O)ccc2C)S(=O)(=O)c2ccccc2O1. The molecule has 0 spiro atoms. The molecule has 2 atom stereocenters. The summed E-state index contributed by atoms with van der Waals surface area (Å²) in [5.74, 6) is -1.72. The van der Waals surface area contributed by atoms with Gasteiger partial charge in [0.15, 0.2) is 0 Å². The van der Waals surface area contributed by atoms with Crippen molar-refractivity contribution in [1.29, 1.82) is 0 Å². The predicted molar refractivity (Wildman–Crippen MR) is 197 cm³/mol. The minimum absolute atomic E-state index is 0.0284. The van der Waals surface area contributed by atoms with Gasteiger partial charge in [0.05, 0.1) is 43.0 Å². The van der Waals surface area contributed by atoms with E-state index in [1.165, 1.54) is 4.31 Å². The average Bonchev–Trinajstić information content (AvgIpc) is 3.54. The Hall–Kier alpha value is -5.37. The summed E-state index contributed by atoms with van der Waals surface area (Å²) in [5.41, 5.74) is 4.06. The second-order valence-corrected chi connectivity index (χ2v) is 15.7. The van der Waals surface area contributed by atoms with Gasteiger partial charge in [-0.05, 0) is 90.9 Å². The lowest BCUT2D eigenvalue weighted by atomic mass is 9.81. The van der Waals surface area contributed by atoms with Gasteiger partial charge in [0, 0.05) is 6.54 Å². The van der Waals surface area contributed by atoms with Gasteiger partial charge in [-0.2, -0.15) is 4.31 Å². The third kappa shape index (κ3) is 8.17. The number of nitrogens with zero attached hydrogens (tertiary/aromatic N) is 4. The minimum Gasteiger partial charge on any atom is -0.488 e. The summed E-state index contributed by atoms with van der Waals surface area (Å²) in [6, 6.07) is 26.6. The van der Waals surface area contributed by atoms with Gasteiger partial charge in [0.25, 0.3) is 0 Å². The molecule has 0 saturated carbocycles. The van der Waals surface area contributed by atoms with Crippen molar-refractivity contribution >= 4 is 22.0 Å². The van der Waals surface area contributed by atoms with Crippen LogP contribution in [0.5, 0.6) is 5.75 Å². The monoisotopic (exact) mass is 738 g/mol. The van der Waals surface area contributed by atoms with E-state index in [4.69, 9.17) is 9.47 Å². The Morgan fingerprint density at radius 3 is 2.43 bits per heavy atom. The average molecular weight is 739 g/mol. The van der Waals surface area contributed by atoms with Crippen molar-refractivity contribution in [3.8, 4) is 16.9 Å². The number of aromatic carboxylic acids is 1. The van der Waals surface area contributed by atoms with Crippen LogP contribution in [-0.4, -0.2) is 62.5 Å².